The summed E-state index contributed by atoms with van der Waals surface area (Å²) in [5, 5.41) is 11.1. The summed E-state index contributed by atoms with van der Waals surface area (Å²) in [5.41, 5.74) is 1.41. The largest absolute Gasteiger partial charge is 0.506 e. The second kappa shape index (κ2) is 5.61. The number of aromatic amines is 1. The molecule has 0 spiro atoms. The van der Waals surface area contributed by atoms with Gasteiger partial charge in [-0.15, -0.1) is 11.3 Å². The van der Waals surface area contributed by atoms with Gasteiger partial charge in [0.2, 0.25) is 0 Å². The first-order chi connectivity index (χ1) is 11.0. The number of hydrogen-bond donors (Lipinski definition) is 2. The molecule has 4 nitrogen and oxygen atoms in total. The number of nitrogens with zero attached hydrogens (tertiary/aromatic N) is 1. The van der Waals surface area contributed by atoms with E-state index in [-0.39, 0.29) is 16.3 Å². The van der Waals surface area contributed by atoms with Crippen molar-refractivity contribution in [2.24, 2.45) is 0 Å². The van der Waals surface area contributed by atoms with Gasteiger partial charge in [-0.3, -0.25) is 4.79 Å². The zero-order valence-electron chi connectivity index (χ0n) is 11.9. The summed E-state index contributed by atoms with van der Waals surface area (Å²) in [6.45, 7) is 0. The van der Waals surface area contributed by atoms with Crippen LogP contribution >= 0.6 is 38.9 Å². The van der Waals surface area contributed by atoms with E-state index in [0.717, 1.165) is 36.1 Å². The molecule has 0 unspecified atom stereocenters. The molecule has 1 aromatic carbocycles. The molecule has 0 radical (unpaired) electrons. The number of H-pyrrole nitrogens is 1. The normalized spacial score (nSPS) is 14.2. The van der Waals surface area contributed by atoms with Crippen LogP contribution in [0.5, 0.6) is 5.75 Å². The van der Waals surface area contributed by atoms with Crippen molar-refractivity contribution in [2.45, 2.75) is 25.7 Å². The van der Waals surface area contributed by atoms with Crippen LogP contribution in [-0.2, 0) is 12.8 Å². The van der Waals surface area contributed by atoms with Crippen molar-refractivity contribution in [1.29, 1.82) is 0 Å². The molecule has 0 amide bonds. The van der Waals surface area contributed by atoms with E-state index in [4.69, 9.17) is 11.6 Å². The number of aromatic nitrogens is 2. The fourth-order valence-electron chi connectivity index (χ4n) is 3.04. The van der Waals surface area contributed by atoms with Crippen LogP contribution in [0, 0.1) is 0 Å². The van der Waals surface area contributed by atoms with Crippen LogP contribution in [0.15, 0.2) is 21.4 Å². The average Bonchev–Trinajstić information content (AvgIpc) is 2.89. The number of aromatic hydroxyl groups is 1. The first-order valence-corrected chi connectivity index (χ1v) is 9.26. The maximum atomic E-state index is 12.6. The van der Waals surface area contributed by atoms with Gasteiger partial charge in [-0.1, -0.05) is 27.5 Å². The van der Waals surface area contributed by atoms with E-state index in [9.17, 15) is 9.90 Å². The summed E-state index contributed by atoms with van der Waals surface area (Å²) >= 11 is 10.9. The Balaban J connectivity index is 1.98. The Kier molecular flexibility index (Phi) is 3.70. The summed E-state index contributed by atoms with van der Waals surface area (Å²) in [5.74, 6) is 0.250. The summed E-state index contributed by atoms with van der Waals surface area (Å²) in [6.07, 6.45) is 4.22. The summed E-state index contributed by atoms with van der Waals surface area (Å²) < 4.78 is 0.712. The molecule has 7 heteroatoms. The number of phenols is 1. The van der Waals surface area contributed by atoms with Crippen molar-refractivity contribution in [2.75, 3.05) is 0 Å². The van der Waals surface area contributed by atoms with Crippen molar-refractivity contribution < 1.29 is 5.11 Å². The molecular formula is C16H12BrClN2O2S. The molecule has 0 saturated carbocycles. The molecule has 4 rings (SSSR count). The average molecular weight is 412 g/mol. The minimum atomic E-state index is -0.153. The van der Waals surface area contributed by atoms with E-state index in [1.54, 1.807) is 23.5 Å². The highest BCUT2D eigenvalue weighted by molar-refractivity contribution is 9.10. The van der Waals surface area contributed by atoms with E-state index in [2.05, 4.69) is 25.9 Å². The van der Waals surface area contributed by atoms with E-state index in [0.29, 0.717) is 21.2 Å². The molecule has 2 heterocycles. The molecule has 0 atom stereocenters. The molecule has 2 aromatic heterocycles. The fraction of sp³-hybridized carbons (Fsp3) is 0.250. The van der Waals surface area contributed by atoms with Gasteiger partial charge < -0.3 is 10.1 Å². The Morgan fingerprint density at radius 3 is 2.91 bits per heavy atom. The quantitative estimate of drug-likeness (QED) is 0.612. The first-order valence-electron chi connectivity index (χ1n) is 7.27. The van der Waals surface area contributed by atoms with Gasteiger partial charge in [-0.05, 0) is 43.4 Å². The fourth-order valence-corrected chi connectivity index (χ4v) is 5.11. The van der Waals surface area contributed by atoms with Crippen LogP contribution in [0.2, 0.25) is 5.02 Å². The SMILES string of the molecule is O=c1[nH]c(-c2cc(Br)cc(Cl)c2O)nc2sc3c(c12)CCCC3. The zero-order valence-corrected chi connectivity index (χ0v) is 15.1. The van der Waals surface area contributed by atoms with Gasteiger partial charge >= 0.3 is 0 Å². The third-order valence-corrected chi connectivity index (χ3v) is 6.04. The molecular weight excluding hydrogens is 400 g/mol. The Labute approximate surface area is 149 Å². The number of aryl methyl sites for hydroxylation is 2. The predicted molar refractivity (Wildman–Crippen MR) is 96.7 cm³/mol. The number of thiophene rings is 1. The van der Waals surface area contributed by atoms with Crippen LogP contribution in [0.3, 0.4) is 0 Å². The third kappa shape index (κ3) is 2.49. The Bertz CT molecular complexity index is 996. The third-order valence-electron chi connectivity index (χ3n) is 4.11. The van der Waals surface area contributed by atoms with Crippen molar-refractivity contribution in [3.63, 3.8) is 0 Å². The van der Waals surface area contributed by atoms with Crippen molar-refractivity contribution in [3.05, 3.63) is 42.4 Å². The minimum absolute atomic E-state index is 0.0845. The molecule has 0 aliphatic heterocycles. The van der Waals surface area contributed by atoms with Gasteiger partial charge in [0.05, 0.1) is 16.0 Å². The highest BCUT2D eigenvalue weighted by atomic mass is 79.9. The van der Waals surface area contributed by atoms with Gasteiger partial charge in [0, 0.05) is 9.35 Å². The Hall–Kier alpha value is -1.37. The first kappa shape index (κ1) is 15.2. The monoisotopic (exact) mass is 410 g/mol. The number of benzene rings is 1. The van der Waals surface area contributed by atoms with Gasteiger partial charge in [0.25, 0.3) is 5.56 Å². The maximum Gasteiger partial charge on any atom is 0.260 e. The van der Waals surface area contributed by atoms with Crippen molar-refractivity contribution in [3.8, 4) is 17.1 Å². The summed E-state index contributed by atoms with van der Waals surface area (Å²) in [7, 11) is 0. The van der Waals surface area contributed by atoms with Gasteiger partial charge in [-0.2, -0.15) is 0 Å². The highest BCUT2D eigenvalue weighted by Crippen LogP contribution is 2.38. The van der Waals surface area contributed by atoms with Crippen LogP contribution in [0.25, 0.3) is 21.6 Å². The molecule has 3 aromatic rings. The van der Waals surface area contributed by atoms with Crippen molar-refractivity contribution >= 4 is 49.1 Å². The molecule has 0 saturated heterocycles. The lowest BCUT2D eigenvalue weighted by Crippen LogP contribution is -2.11. The zero-order chi connectivity index (χ0) is 16.1. The highest BCUT2D eigenvalue weighted by Gasteiger charge is 2.21. The van der Waals surface area contributed by atoms with E-state index in [1.165, 1.54) is 4.88 Å². The van der Waals surface area contributed by atoms with E-state index < -0.39 is 0 Å². The number of fused-ring (bicyclic) bond motifs is 3. The standard InChI is InChI=1S/C16H12BrClN2O2S/c17-7-5-9(13(21)10(18)6-7)14-19-15(22)12-8-3-1-2-4-11(8)23-16(12)20-14/h5-6,21H,1-4H2,(H,19,20,22). The molecule has 1 aliphatic rings. The van der Waals surface area contributed by atoms with Gasteiger partial charge in [-0.25, -0.2) is 4.98 Å². The van der Waals surface area contributed by atoms with Crippen LogP contribution < -0.4 is 5.56 Å². The topological polar surface area (TPSA) is 66.0 Å². The molecule has 118 valence electrons. The lowest BCUT2D eigenvalue weighted by atomic mass is 9.97. The van der Waals surface area contributed by atoms with Gasteiger partial charge in [0.1, 0.15) is 16.4 Å². The van der Waals surface area contributed by atoms with E-state index in [1.807, 2.05) is 0 Å². The number of rotatable bonds is 1. The van der Waals surface area contributed by atoms with Crippen LogP contribution in [0.1, 0.15) is 23.3 Å². The van der Waals surface area contributed by atoms with Crippen molar-refractivity contribution in [1.82, 2.24) is 9.97 Å². The second-order valence-corrected chi connectivity index (χ2v) is 8.00. The predicted octanol–water partition coefficient (Wildman–Crippen LogP) is 4.65. The summed E-state index contributed by atoms with van der Waals surface area (Å²) in [6, 6.07) is 3.29. The number of nitrogens with one attached hydrogen (secondary N) is 1. The number of phenolic OH excluding ortho intramolecular Hbond substituents is 1. The lowest BCUT2D eigenvalue weighted by Gasteiger charge is -2.09. The second-order valence-electron chi connectivity index (χ2n) is 5.59. The summed E-state index contributed by atoms with van der Waals surface area (Å²) in [4.78, 5) is 21.9. The van der Waals surface area contributed by atoms with E-state index >= 15 is 0 Å². The molecule has 0 bridgehead atoms. The number of hydrogen-bond acceptors (Lipinski definition) is 4. The van der Waals surface area contributed by atoms with Gasteiger partial charge in [0.15, 0.2) is 0 Å². The molecule has 2 N–H and O–H groups in total. The Morgan fingerprint density at radius 2 is 2.09 bits per heavy atom. The van der Waals surface area contributed by atoms with Crippen LogP contribution in [-0.4, -0.2) is 15.1 Å². The Morgan fingerprint density at radius 1 is 1.30 bits per heavy atom. The maximum absolute atomic E-state index is 12.6. The molecule has 23 heavy (non-hydrogen) atoms. The lowest BCUT2D eigenvalue weighted by molar-refractivity contribution is 0.477. The smallest absolute Gasteiger partial charge is 0.260 e. The minimum Gasteiger partial charge on any atom is -0.506 e. The molecule has 0 fully saturated rings. The molecule has 1 aliphatic carbocycles. The van der Waals surface area contributed by atoms with Crippen LogP contribution in [0.4, 0.5) is 0 Å². The number of halogens is 2.